The molecule has 8 nitrogen and oxygen atoms in total. The average Bonchev–Trinajstić information content (AvgIpc) is 3.22. The number of hydrazone groups is 1. The number of ether oxygens (including phenoxy) is 1. The van der Waals surface area contributed by atoms with Crippen LogP contribution in [0.1, 0.15) is 28.2 Å². The second-order valence-corrected chi connectivity index (χ2v) is 9.46. The fraction of sp³-hybridized carbons (Fsp3) is 0.222. The molecule has 0 amide bonds. The number of alkyl halides is 3. The van der Waals surface area contributed by atoms with Crippen molar-refractivity contribution >= 4 is 29.2 Å². The van der Waals surface area contributed by atoms with Crippen molar-refractivity contribution in [2.75, 3.05) is 5.32 Å². The molecular weight excluding hydrogens is 527 g/mol. The molecule has 12 heteroatoms. The normalized spacial score (nSPS) is 12.7. The average molecular weight is 552 g/mol. The lowest BCUT2D eigenvalue weighted by Gasteiger charge is -2.15. The van der Waals surface area contributed by atoms with Gasteiger partial charge in [-0.15, -0.1) is 13.2 Å². The molecule has 0 spiro atoms. The van der Waals surface area contributed by atoms with Gasteiger partial charge in [0, 0.05) is 35.6 Å². The zero-order valence-electron chi connectivity index (χ0n) is 21.3. The van der Waals surface area contributed by atoms with Crippen LogP contribution >= 0.6 is 12.2 Å². The van der Waals surface area contributed by atoms with Crippen molar-refractivity contribution in [1.82, 2.24) is 25.2 Å². The van der Waals surface area contributed by atoms with E-state index in [4.69, 9.17) is 12.2 Å². The van der Waals surface area contributed by atoms with Gasteiger partial charge in [0.1, 0.15) is 5.75 Å². The number of nitrogens with one attached hydrogen (secondary N) is 2. The lowest BCUT2D eigenvalue weighted by atomic mass is 9.91. The monoisotopic (exact) mass is 551 g/mol. The van der Waals surface area contributed by atoms with Crippen molar-refractivity contribution in [3.05, 3.63) is 76.9 Å². The molecule has 4 aromatic rings. The molecule has 2 aromatic carbocycles. The Morgan fingerprint density at radius 3 is 2.51 bits per heavy atom. The SMILES string of the molecule is Cc1cccc(C)c1NC(=S)NN=Cc1ncc2c(n1)CCc1c-2nn(C)c1-c1ccc(OC(F)(F)F)cc1. The molecule has 0 saturated carbocycles. The summed E-state index contributed by atoms with van der Waals surface area (Å²) in [6.45, 7) is 4.00. The Kier molecular flexibility index (Phi) is 7.04. The molecule has 1 aliphatic rings. The number of rotatable bonds is 5. The summed E-state index contributed by atoms with van der Waals surface area (Å²) in [5, 5.41) is 12.4. The topological polar surface area (TPSA) is 89.3 Å². The van der Waals surface area contributed by atoms with Crippen molar-refractivity contribution in [3.63, 3.8) is 0 Å². The third-order valence-corrected chi connectivity index (χ3v) is 6.52. The Labute approximate surface area is 227 Å². The zero-order chi connectivity index (χ0) is 27.7. The molecule has 2 heterocycles. The molecule has 0 radical (unpaired) electrons. The first-order chi connectivity index (χ1) is 18.6. The minimum absolute atomic E-state index is 0.272. The van der Waals surface area contributed by atoms with Gasteiger partial charge in [0.2, 0.25) is 0 Å². The van der Waals surface area contributed by atoms with Gasteiger partial charge in [0.25, 0.3) is 0 Å². The maximum Gasteiger partial charge on any atom is 0.573 e. The lowest BCUT2D eigenvalue weighted by molar-refractivity contribution is -0.274. The van der Waals surface area contributed by atoms with Crippen molar-refractivity contribution in [2.45, 2.75) is 33.1 Å². The molecule has 0 fully saturated rings. The van der Waals surface area contributed by atoms with Crippen LogP contribution in [-0.2, 0) is 19.9 Å². The highest BCUT2D eigenvalue weighted by Gasteiger charge is 2.31. The minimum Gasteiger partial charge on any atom is -0.406 e. The second kappa shape index (κ2) is 10.4. The number of thiocarbonyl (C=S) groups is 1. The smallest absolute Gasteiger partial charge is 0.406 e. The van der Waals surface area contributed by atoms with Gasteiger partial charge in [-0.25, -0.2) is 9.97 Å². The molecule has 0 atom stereocenters. The van der Waals surface area contributed by atoms with Crippen LogP contribution in [0.5, 0.6) is 5.75 Å². The molecule has 39 heavy (non-hydrogen) atoms. The van der Waals surface area contributed by atoms with E-state index in [9.17, 15) is 13.2 Å². The van der Waals surface area contributed by atoms with Crippen LogP contribution in [0.25, 0.3) is 22.5 Å². The van der Waals surface area contributed by atoms with E-state index in [-0.39, 0.29) is 5.75 Å². The van der Waals surface area contributed by atoms with E-state index < -0.39 is 6.36 Å². The van der Waals surface area contributed by atoms with Crippen LogP contribution in [0.15, 0.2) is 53.8 Å². The van der Waals surface area contributed by atoms with E-state index in [0.717, 1.165) is 50.6 Å². The van der Waals surface area contributed by atoms with Crippen LogP contribution in [0.2, 0.25) is 0 Å². The fourth-order valence-electron chi connectivity index (χ4n) is 4.62. The molecule has 2 aromatic heterocycles. The Bertz CT molecular complexity index is 1560. The summed E-state index contributed by atoms with van der Waals surface area (Å²) in [5.41, 5.74) is 10.9. The number of para-hydroxylation sites is 1. The summed E-state index contributed by atoms with van der Waals surface area (Å²) in [4.78, 5) is 9.06. The number of hydrogen-bond acceptors (Lipinski definition) is 6. The van der Waals surface area contributed by atoms with Gasteiger partial charge in [-0.2, -0.15) is 10.2 Å². The molecule has 0 aliphatic heterocycles. The minimum atomic E-state index is -4.74. The van der Waals surface area contributed by atoms with Gasteiger partial charge in [-0.05, 0) is 74.3 Å². The third-order valence-electron chi connectivity index (χ3n) is 6.33. The van der Waals surface area contributed by atoms with Crippen LogP contribution in [0.3, 0.4) is 0 Å². The van der Waals surface area contributed by atoms with E-state index in [1.165, 1.54) is 18.3 Å². The molecular formula is C27H24F3N7OS. The number of halogens is 3. The number of anilines is 1. The number of nitrogens with zero attached hydrogens (tertiary/aromatic N) is 5. The maximum atomic E-state index is 12.5. The quantitative estimate of drug-likeness (QED) is 0.193. The Balaban J connectivity index is 1.31. The summed E-state index contributed by atoms with van der Waals surface area (Å²) in [7, 11) is 1.80. The van der Waals surface area contributed by atoms with Gasteiger partial charge in [0.15, 0.2) is 10.9 Å². The predicted octanol–water partition coefficient (Wildman–Crippen LogP) is 5.48. The van der Waals surface area contributed by atoms with E-state index >= 15 is 0 Å². The Hall–Kier alpha value is -4.32. The molecule has 0 saturated heterocycles. The maximum absolute atomic E-state index is 12.5. The Morgan fingerprint density at radius 1 is 1.10 bits per heavy atom. The van der Waals surface area contributed by atoms with E-state index in [1.54, 1.807) is 30.1 Å². The summed E-state index contributed by atoms with van der Waals surface area (Å²) in [5.74, 6) is 0.155. The molecule has 1 aliphatic carbocycles. The van der Waals surface area contributed by atoms with E-state index in [0.29, 0.717) is 23.8 Å². The van der Waals surface area contributed by atoms with Gasteiger partial charge in [0.05, 0.1) is 23.3 Å². The molecule has 0 unspecified atom stereocenters. The first-order valence-corrected chi connectivity index (χ1v) is 12.4. The van der Waals surface area contributed by atoms with Gasteiger partial charge < -0.3 is 10.1 Å². The zero-order valence-corrected chi connectivity index (χ0v) is 22.1. The fourth-order valence-corrected chi connectivity index (χ4v) is 4.78. The number of hydrogen-bond donors (Lipinski definition) is 2. The van der Waals surface area contributed by atoms with Gasteiger partial charge >= 0.3 is 6.36 Å². The first kappa shape index (κ1) is 26.3. The summed E-state index contributed by atoms with van der Waals surface area (Å²) in [6.07, 6.45) is -0.198. The highest BCUT2D eigenvalue weighted by molar-refractivity contribution is 7.80. The molecule has 200 valence electrons. The summed E-state index contributed by atoms with van der Waals surface area (Å²) in [6, 6.07) is 11.8. The van der Waals surface area contributed by atoms with Crippen LogP contribution in [-0.4, -0.2) is 37.4 Å². The standard InChI is InChI=1S/C27H24F3N7OS/c1-15-5-4-6-16(2)23(15)34-26(39)35-32-14-22-31-13-20-21(33-22)12-11-19-24(20)36-37(3)25(19)17-7-9-18(10-8-17)38-27(28,29)30/h4-10,13-14H,11-12H2,1-3H3,(H2,34,35,39). The number of aromatic nitrogens is 4. The van der Waals surface area contributed by atoms with Crippen LogP contribution < -0.4 is 15.5 Å². The Morgan fingerprint density at radius 2 is 1.82 bits per heavy atom. The highest BCUT2D eigenvalue weighted by atomic mass is 32.1. The largest absolute Gasteiger partial charge is 0.573 e. The first-order valence-electron chi connectivity index (χ1n) is 12.0. The number of aryl methyl sites for hydroxylation is 4. The summed E-state index contributed by atoms with van der Waals surface area (Å²) >= 11 is 5.35. The van der Waals surface area contributed by atoms with Crippen molar-refractivity contribution in [3.8, 4) is 28.3 Å². The van der Waals surface area contributed by atoms with Crippen LogP contribution in [0.4, 0.5) is 18.9 Å². The van der Waals surface area contributed by atoms with E-state index in [2.05, 4.69) is 35.6 Å². The number of benzene rings is 2. The van der Waals surface area contributed by atoms with Gasteiger partial charge in [-0.1, -0.05) is 18.2 Å². The highest BCUT2D eigenvalue weighted by Crippen LogP contribution is 2.38. The number of fused-ring (bicyclic) bond motifs is 3. The third kappa shape index (κ3) is 5.75. The molecule has 2 N–H and O–H groups in total. The van der Waals surface area contributed by atoms with Crippen molar-refractivity contribution < 1.29 is 17.9 Å². The lowest BCUT2D eigenvalue weighted by Crippen LogP contribution is -2.25. The molecule has 0 bridgehead atoms. The second-order valence-electron chi connectivity index (χ2n) is 9.05. The van der Waals surface area contributed by atoms with Gasteiger partial charge in [-0.3, -0.25) is 10.1 Å². The summed E-state index contributed by atoms with van der Waals surface area (Å²) < 4.78 is 43.3. The van der Waals surface area contributed by atoms with Crippen molar-refractivity contribution in [2.24, 2.45) is 12.1 Å². The van der Waals surface area contributed by atoms with Crippen molar-refractivity contribution in [1.29, 1.82) is 0 Å². The van der Waals surface area contributed by atoms with E-state index in [1.807, 2.05) is 32.0 Å². The molecule has 5 rings (SSSR count). The predicted molar refractivity (Wildman–Crippen MR) is 147 cm³/mol. The van der Waals surface area contributed by atoms with Crippen LogP contribution in [0, 0.1) is 13.8 Å².